The van der Waals surface area contributed by atoms with Gasteiger partial charge in [-0.3, -0.25) is 13.8 Å². The Hall–Kier alpha value is -1.80. The lowest BCUT2D eigenvalue weighted by molar-refractivity contribution is -0.154. The number of phosphoric acid groups is 1. The number of carbonyl (C=O) groups is 1. The van der Waals surface area contributed by atoms with Gasteiger partial charge in [0.15, 0.2) is 0 Å². The van der Waals surface area contributed by atoms with E-state index in [2.05, 4.69) is 74.6 Å². The van der Waals surface area contributed by atoms with Gasteiger partial charge in [0, 0.05) is 19.6 Å². The minimum absolute atomic E-state index is 0.0856. The molecule has 0 rings (SSSR count). The van der Waals surface area contributed by atoms with Crippen LogP contribution in [0.25, 0.3) is 0 Å². The van der Waals surface area contributed by atoms with E-state index in [-0.39, 0.29) is 32.3 Å². The van der Waals surface area contributed by atoms with E-state index >= 15 is 0 Å². The second-order valence-electron chi connectivity index (χ2n) is 11.7. The molecule has 0 aromatic rings. The summed E-state index contributed by atoms with van der Waals surface area (Å²) in [6.45, 7) is 4.65. The van der Waals surface area contributed by atoms with E-state index in [1.54, 1.807) is 0 Å². The Bertz CT molecular complexity index is 900. The third kappa shape index (κ3) is 35.3. The van der Waals surface area contributed by atoms with Crippen LogP contribution in [0.1, 0.15) is 136 Å². The van der Waals surface area contributed by atoms with Gasteiger partial charge in [-0.15, -0.1) is 0 Å². The van der Waals surface area contributed by atoms with E-state index < -0.39 is 13.9 Å². The zero-order chi connectivity index (χ0) is 34.5. The van der Waals surface area contributed by atoms with Crippen LogP contribution in [-0.4, -0.2) is 49.9 Å². The first-order chi connectivity index (χ1) is 22.9. The highest BCUT2D eigenvalue weighted by molar-refractivity contribution is 7.47. The normalized spacial score (nSPS) is 14.4. The van der Waals surface area contributed by atoms with Crippen molar-refractivity contribution in [1.29, 1.82) is 0 Å². The summed E-state index contributed by atoms with van der Waals surface area (Å²) in [6.07, 6.45) is 41.0. The van der Waals surface area contributed by atoms with Crippen molar-refractivity contribution >= 4 is 13.8 Å². The number of carbonyl (C=O) groups excluding carboxylic acids is 1. The first-order valence-electron chi connectivity index (χ1n) is 18.3. The van der Waals surface area contributed by atoms with Gasteiger partial charge in [0.2, 0.25) is 0 Å². The third-order valence-electron chi connectivity index (χ3n) is 7.20. The quantitative estimate of drug-likeness (QED) is 0.0298. The van der Waals surface area contributed by atoms with Crippen molar-refractivity contribution in [3.05, 3.63) is 60.8 Å². The molecular weight excluding hydrogens is 613 g/mol. The molecule has 8 nitrogen and oxygen atoms in total. The molecule has 0 fully saturated rings. The van der Waals surface area contributed by atoms with Crippen LogP contribution in [-0.2, 0) is 27.9 Å². The first kappa shape index (κ1) is 45.2. The third-order valence-corrected chi connectivity index (χ3v) is 8.18. The molecule has 0 spiro atoms. The fourth-order valence-corrected chi connectivity index (χ4v) is 5.32. The molecule has 0 saturated carbocycles. The van der Waals surface area contributed by atoms with Gasteiger partial charge < -0.3 is 20.1 Å². The Morgan fingerprint density at radius 3 is 1.74 bits per heavy atom. The van der Waals surface area contributed by atoms with Crippen LogP contribution in [0.2, 0.25) is 0 Å². The van der Waals surface area contributed by atoms with Gasteiger partial charge in [-0.2, -0.15) is 0 Å². The zero-order valence-corrected chi connectivity index (χ0v) is 30.6. The van der Waals surface area contributed by atoms with Crippen LogP contribution < -0.4 is 5.73 Å². The Balaban J connectivity index is 4.19. The van der Waals surface area contributed by atoms with Crippen molar-refractivity contribution in [1.82, 2.24) is 0 Å². The highest BCUT2D eigenvalue weighted by atomic mass is 31.2. The van der Waals surface area contributed by atoms with Gasteiger partial charge in [0.05, 0.1) is 19.8 Å². The SMILES string of the molecule is CC/C=C\C/C=C\C/C=C\C/C=C\C/C=C\CCCCOCC(COP(=O)(O)OCCN)OC(=O)CCCCCCCCCCCC. The highest BCUT2D eigenvalue weighted by Crippen LogP contribution is 2.43. The smallest absolute Gasteiger partial charge is 0.457 e. The monoisotopic (exact) mass is 681 g/mol. The predicted octanol–water partition coefficient (Wildman–Crippen LogP) is 10.2. The molecule has 0 heterocycles. The van der Waals surface area contributed by atoms with Gasteiger partial charge in [-0.05, 0) is 57.8 Å². The molecule has 9 heteroatoms. The van der Waals surface area contributed by atoms with Crippen LogP contribution in [0.5, 0.6) is 0 Å². The average molecular weight is 682 g/mol. The number of hydrogen-bond acceptors (Lipinski definition) is 7. The highest BCUT2D eigenvalue weighted by Gasteiger charge is 2.25. The number of allylic oxidation sites excluding steroid dienone is 10. The summed E-state index contributed by atoms with van der Waals surface area (Å²) in [5.41, 5.74) is 5.34. The maximum Gasteiger partial charge on any atom is 0.472 e. The molecule has 272 valence electrons. The van der Waals surface area contributed by atoms with E-state index in [4.69, 9.17) is 24.3 Å². The summed E-state index contributed by atoms with van der Waals surface area (Å²) < 4.78 is 33.2. The lowest BCUT2D eigenvalue weighted by Gasteiger charge is -2.20. The molecule has 0 aliphatic carbocycles. The van der Waals surface area contributed by atoms with Crippen molar-refractivity contribution in [2.45, 2.75) is 142 Å². The number of hydrogen-bond donors (Lipinski definition) is 2. The van der Waals surface area contributed by atoms with Crippen LogP contribution in [0.4, 0.5) is 0 Å². The largest absolute Gasteiger partial charge is 0.472 e. The summed E-state index contributed by atoms with van der Waals surface area (Å²) in [6, 6.07) is 0. The molecule has 0 amide bonds. The molecule has 3 N–H and O–H groups in total. The summed E-state index contributed by atoms with van der Waals surface area (Å²) in [5, 5.41) is 0. The van der Waals surface area contributed by atoms with Gasteiger partial charge in [-0.1, -0.05) is 132 Å². The Kier molecular flexibility index (Phi) is 34.1. The van der Waals surface area contributed by atoms with E-state index in [9.17, 15) is 14.3 Å². The molecule has 0 aromatic carbocycles. The maximum absolute atomic E-state index is 12.5. The number of phosphoric ester groups is 1. The Morgan fingerprint density at radius 1 is 0.660 bits per heavy atom. The van der Waals surface area contributed by atoms with Crippen LogP contribution in [0.15, 0.2) is 60.8 Å². The van der Waals surface area contributed by atoms with E-state index in [0.29, 0.717) is 13.0 Å². The van der Waals surface area contributed by atoms with Crippen molar-refractivity contribution in [2.24, 2.45) is 5.73 Å². The standard InChI is InChI=1S/C38H68NO7P/c1-3-5-7-9-11-13-15-16-17-18-19-20-21-22-24-26-28-30-33-43-35-37(36-45-47(41,42)44-34-32-39)46-38(40)31-29-27-25-23-14-12-10-8-6-4-2/h5,7,11,13,16-17,19-20,22,24,37H,3-4,6,8-10,12,14-15,18,21,23,25-36,39H2,1-2H3,(H,41,42)/b7-5-,13-11-,17-16-,20-19-,24-22-. The lowest BCUT2D eigenvalue weighted by Crippen LogP contribution is -2.28. The average Bonchev–Trinajstić information content (AvgIpc) is 3.06. The minimum Gasteiger partial charge on any atom is -0.457 e. The van der Waals surface area contributed by atoms with Gasteiger partial charge in [0.1, 0.15) is 6.10 Å². The second kappa shape index (κ2) is 35.5. The zero-order valence-electron chi connectivity index (χ0n) is 29.7. The summed E-state index contributed by atoms with van der Waals surface area (Å²) in [7, 11) is -4.28. The molecule has 2 atom stereocenters. The Morgan fingerprint density at radius 2 is 1.19 bits per heavy atom. The fraction of sp³-hybridized carbons (Fsp3) is 0.711. The van der Waals surface area contributed by atoms with E-state index in [1.807, 2.05) is 0 Å². The minimum atomic E-state index is -4.28. The molecule has 0 aromatic heterocycles. The molecular formula is C38H68NO7P. The molecule has 0 bridgehead atoms. The molecule has 47 heavy (non-hydrogen) atoms. The summed E-state index contributed by atoms with van der Waals surface area (Å²) in [4.78, 5) is 22.3. The van der Waals surface area contributed by atoms with Crippen LogP contribution in [0, 0.1) is 0 Å². The second-order valence-corrected chi connectivity index (χ2v) is 13.2. The molecule has 0 saturated heterocycles. The topological polar surface area (TPSA) is 117 Å². The van der Waals surface area contributed by atoms with Crippen LogP contribution in [0.3, 0.4) is 0 Å². The number of esters is 1. The van der Waals surface area contributed by atoms with Crippen molar-refractivity contribution in [3.63, 3.8) is 0 Å². The fourth-order valence-electron chi connectivity index (χ4n) is 4.55. The van der Waals surface area contributed by atoms with E-state index in [0.717, 1.165) is 70.6 Å². The number of rotatable bonds is 34. The summed E-state index contributed by atoms with van der Waals surface area (Å²) in [5.74, 6) is -0.351. The van der Waals surface area contributed by atoms with Gasteiger partial charge >= 0.3 is 13.8 Å². The van der Waals surface area contributed by atoms with Gasteiger partial charge in [-0.25, -0.2) is 4.57 Å². The van der Waals surface area contributed by atoms with Gasteiger partial charge in [0.25, 0.3) is 0 Å². The van der Waals surface area contributed by atoms with Crippen molar-refractivity contribution in [2.75, 3.05) is 33.0 Å². The molecule has 0 radical (unpaired) electrons. The van der Waals surface area contributed by atoms with E-state index in [1.165, 1.54) is 44.9 Å². The van der Waals surface area contributed by atoms with Crippen molar-refractivity contribution < 1.29 is 32.8 Å². The lowest BCUT2D eigenvalue weighted by atomic mass is 10.1. The van der Waals surface area contributed by atoms with Crippen molar-refractivity contribution in [3.8, 4) is 0 Å². The first-order valence-corrected chi connectivity index (χ1v) is 19.8. The summed E-state index contributed by atoms with van der Waals surface area (Å²) >= 11 is 0. The number of nitrogens with two attached hydrogens (primary N) is 1. The predicted molar refractivity (Wildman–Crippen MR) is 196 cm³/mol. The molecule has 2 unspecified atom stereocenters. The number of ether oxygens (including phenoxy) is 2. The Labute approximate surface area is 287 Å². The number of unbranched alkanes of at least 4 members (excludes halogenated alkanes) is 11. The maximum atomic E-state index is 12.5. The molecule has 0 aliphatic rings. The molecule has 0 aliphatic heterocycles. The van der Waals surface area contributed by atoms with Crippen LogP contribution >= 0.6 is 7.82 Å².